The fourth-order valence-electron chi connectivity index (χ4n) is 1.96. The van der Waals surface area contributed by atoms with E-state index in [0.717, 1.165) is 5.69 Å². The van der Waals surface area contributed by atoms with E-state index in [1.807, 2.05) is 51.1 Å². The summed E-state index contributed by atoms with van der Waals surface area (Å²) in [5, 5.41) is 4.87. The number of nitrogens with one attached hydrogen (secondary N) is 2. The maximum atomic E-state index is 11.9. The third-order valence-electron chi connectivity index (χ3n) is 2.73. The predicted octanol–water partition coefficient (Wildman–Crippen LogP) is 1.57. The van der Waals surface area contributed by atoms with Crippen LogP contribution in [0.25, 0.3) is 0 Å². The van der Waals surface area contributed by atoms with Crippen LogP contribution in [0, 0.1) is 0 Å². The van der Waals surface area contributed by atoms with Crippen molar-refractivity contribution in [1.82, 2.24) is 10.3 Å². The van der Waals surface area contributed by atoms with Gasteiger partial charge in [-0.3, -0.25) is 15.5 Å². The number of rotatable bonds is 2. The van der Waals surface area contributed by atoms with Crippen molar-refractivity contribution in [3.8, 4) is 0 Å². The van der Waals surface area contributed by atoms with Crippen molar-refractivity contribution in [3.63, 3.8) is 0 Å². The molecule has 1 fully saturated rings. The number of para-hydroxylation sites is 1. The van der Waals surface area contributed by atoms with Gasteiger partial charge >= 0.3 is 0 Å². The van der Waals surface area contributed by atoms with Gasteiger partial charge in [-0.25, -0.2) is 5.01 Å². The molecule has 1 atom stereocenters. The smallest absolute Gasteiger partial charge is 0.259 e. The standard InChI is InChI=1S/C12H17N3O/c1-9-11(16)15(12(2,3)13-9)14-10-7-5-4-6-8-10/h4-9,13-14H,1-3H3. The fourth-order valence-corrected chi connectivity index (χ4v) is 1.96. The molecular weight excluding hydrogens is 202 g/mol. The first kappa shape index (κ1) is 11.0. The molecule has 0 aliphatic carbocycles. The Morgan fingerprint density at radius 2 is 1.94 bits per heavy atom. The van der Waals surface area contributed by atoms with Crippen LogP contribution in [0.15, 0.2) is 30.3 Å². The Balaban J connectivity index is 2.18. The fraction of sp³-hybridized carbons (Fsp3) is 0.417. The van der Waals surface area contributed by atoms with Gasteiger partial charge in [-0.05, 0) is 32.9 Å². The van der Waals surface area contributed by atoms with Crippen molar-refractivity contribution in [2.45, 2.75) is 32.5 Å². The first-order valence-corrected chi connectivity index (χ1v) is 5.44. The molecule has 0 bridgehead atoms. The van der Waals surface area contributed by atoms with E-state index in [1.54, 1.807) is 5.01 Å². The van der Waals surface area contributed by atoms with Gasteiger partial charge in [-0.2, -0.15) is 0 Å². The van der Waals surface area contributed by atoms with Crippen LogP contribution in [0.5, 0.6) is 0 Å². The first-order chi connectivity index (χ1) is 7.50. The second-order valence-electron chi connectivity index (χ2n) is 4.58. The monoisotopic (exact) mass is 219 g/mol. The minimum atomic E-state index is -0.369. The maximum absolute atomic E-state index is 11.9. The number of carbonyl (C=O) groups excluding carboxylic acids is 1. The maximum Gasteiger partial charge on any atom is 0.259 e. The number of benzene rings is 1. The summed E-state index contributed by atoms with van der Waals surface area (Å²) in [6.07, 6.45) is 0. The van der Waals surface area contributed by atoms with E-state index < -0.39 is 0 Å². The van der Waals surface area contributed by atoms with Crippen LogP contribution < -0.4 is 10.7 Å². The van der Waals surface area contributed by atoms with Gasteiger partial charge in [-0.15, -0.1) is 0 Å². The molecule has 0 radical (unpaired) electrons. The lowest BCUT2D eigenvalue weighted by atomic mass is 10.2. The summed E-state index contributed by atoms with van der Waals surface area (Å²) in [5.41, 5.74) is 3.68. The molecule has 86 valence electrons. The number of hydrazine groups is 1. The summed E-state index contributed by atoms with van der Waals surface area (Å²) in [4.78, 5) is 11.9. The molecule has 4 nitrogen and oxygen atoms in total. The Labute approximate surface area is 95.6 Å². The molecule has 2 N–H and O–H groups in total. The lowest BCUT2D eigenvalue weighted by Crippen LogP contribution is -2.50. The summed E-state index contributed by atoms with van der Waals surface area (Å²) in [6.45, 7) is 5.82. The zero-order chi connectivity index (χ0) is 11.8. The number of hydrogen-bond donors (Lipinski definition) is 2. The Kier molecular flexibility index (Phi) is 2.59. The van der Waals surface area contributed by atoms with Crippen molar-refractivity contribution >= 4 is 11.6 Å². The minimum Gasteiger partial charge on any atom is -0.294 e. The summed E-state index contributed by atoms with van der Waals surface area (Å²) < 4.78 is 0. The molecule has 16 heavy (non-hydrogen) atoms. The highest BCUT2D eigenvalue weighted by Crippen LogP contribution is 2.21. The molecule has 0 spiro atoms. The first-order valence-electron chi connectivity index (χ1n) is 5.44. The summed E-state index contributed by atoms with van der Waals surface area (Å²) in [7, 11) is 0. The Morgan fingerprint density at radius 3 is 2.44 bits per heavy atom. The molecule has 1 aliphatic heterocycles. The molecule has 1 amide bonds. The molecule has 1 saturated heterocycles. The van der Waals surface area contributed by atoms with Gasteiger partial charge in [0.05, 0.1) is 11.7 Å². The van der Waals surface area contributed by atoms with Gasteiger partial charge in [0, 0.05) is 0 Å². The molecule has 1 aromatic rings. The second-order valence-corrected chi connectivity index (χ2v) is 4.58. The second kappa shape index (κ2) is 3.79. The van der Waals surface area contributed by atoms with Crippen LogP contribution in [0.3, 0.4) is 0 Å². The number of carbonyl (C=O) groups is 1. The lowest BCUT2D eigenvalue weighted by molar-refractivity contribution is -0.129. The molecule has 0 saturated carbocycles. The van der Waals surface area contributed by atoms with Gasteiger partial charge in [0.25, 0.3) is 5.91 Å². The van der Waals surface area contributed by atoms with Crippen molar-refractivity contribution in [2.24, 2.45) is 0 Å². The van der Waals surface area contributed by atoms with Crippen LogP contribution in [0.1, 0.15) is 20.8 Å². The van der Waals surface area contributed by atoms with Gasteiger partial charge in [0.2, 0.25) is 0 Å². The Hall–Kier alpha value is -1.55. The van der Waals surface area contributed by atoms with E-state index in [1.165, 1.54) is 0 Å². The van der Waals surface area contributed by atoms with Crippen molar-refractivity contribution < 1.29 is 4.79 Å². The molecule has 1 unspecified atom stereocenters. The van der Waals surface area contributed by atoms with Crippen LogP contribution in [-0.4, -0.2) is 22.6 Å². The van der Waals surface area contributed by atoms with E-state index in [-0.39, 0.29) is 17.6 Å². The third kappa shape index (κ3) is 1.88. The molecule has 4 heteroatoms. The van der Waals surface area contributed by atoms with E-state index in [9.17, 15) is 4.79 Å². The van der Waals surface area contributed by atoms with Crippen molar-refractivity contribution in [3.05, 3.63) is 30.3 Å². The SMILES string of the molecule is CC1NC(C)(C)N(Nc2ccccc2)C1=O. The number of amides is 1. The zero-order valence-corrected chi connectivity index (χ0v) is 9.82. The molecule has 1 heterocycles. The quantitative estimate of drug-likeness (QED) is 0.793. The van der Waals surface area contributed by atoms with Gasteiger partial charge in [0.1, 0.15) is 5.66 Å². The molecule has 1 aromatic carbocycles. The zero-order valence-electron chi connectivity index (χ0n) is 9.82. The van der Waals surface area contributed by atoms with Gasteiger partial charge in [0.15, 0.2) is 0 Å². The highest BCUT2D eigenvalue weighted by Gasteiger charge is 2.42. The van der Waals surface area contributed by atoms with Crippen LogP contribution in [0.2, 0.25) is 0 Å². The summed E-state index contributed by atoms with van der Waals surface area (Å²) in [6, 6.07) is 9.55. The Bertz CT molecular complexity index is 389. The van der Waals surface area contributed by atoms with E-state index in [2.05, 4.69) is 10.7 Å². The summed E-state index contributed by atoms with van der Waals surface area (Å²) in [5.74, 6) is 0.0638. The van der Waals surface area contributed by atoms with E-state index in [4.69, 9.17) is 0 Å². The average Bonchev–Trinajstić information content (AvgIpc) is 2.42. The van der Waals surface area contributed by atoms with Crippen LogP contribution in [-0.2, 0) is 4.79 Å². The number of anilines is 1. The Morgan fingerprint density at radius 1 is 1.31 bits per heavy atom. The van der Waals surface area contributed by atoms with Gasteiger partial charge in [-0.1, -0.05) is 18.2 Å². The topological polar surface area (TPSA) is 44.4 Å². The van der Waals surface area contributed by atoms with E-state index >= 15 is 0 Å². The van der Waals surface area contributed by atoms with Crippen LogP contribution >= 0.6 is 0 Å². The van der Waals surface area contributed by atoms with Crippen molar-refractivity contribution in [2.75, 3.05) is 5.43 Å². The molecular formula is C12H17N3O. The summed E-state index contributed by atoms with van der Waals surface area (Å²) >= 11 is 0. The van der Waals surface area contributed by atoms with E-state index in [0.29, 0.717) is 0 Å². The lowest BCUT2D eigenvalue weighted by Gasteiger charge is -2.31. The van der Waals surface area contributed by atoms with Crippen LogP contribution in [0.4, 0.5) is 5.69 Å². The molecule has 2 rings (SSSR count). The minimum absolute atomic E-state index is 0.0638. The predicted molar refractivity (Wildman–Crippen MR) is 63.6 cm³/mol. The normalized spacial score (nSPS) is 23.6. The third-order valence-corrected chi connectivity index (χ3v) is 2.73. The highest BCUT2D eigenvalue weighted by molar-refractivity contribution is 5.85. The molecule has 1 aliphatic rings. The van der Waals surface area contributed by atoms with Crippen molar-refractivity contribution in [1.29, 1.82) is 0 Å². The average molecular weight is 219 g/mol. The molecule has 0 aromatic heterocycles. The number of hydrogen-bond acceptors (Lipinski definition) is 3. The largest absolute Gasteiger partial charge is 0.294 e. The highest BCUT2D eigenvalue weighted by atomic mass is 16.2. The number of nitrogens with zero attached hydrogens (tertiary/aromatic N) is 1. The van der Waals surface area contributed by atoms with Gasteiger partial charge < -0.3 is 0 Å².